The van der Waals surface area contributed by atoms with E-state index >= 15 is 0 Å². The SMILES string of the molecule is C#Cc1c2cc3ccccc3cc2c2ccc3c(C#C)c4cc5ccccc5cc4c4ccc1c2c34. The van der Waals surface area contributed by atoms with Gasteiger partial charge in [-0.25, -0.2) is 0 Å². The lowest BCUT2D eigenvalue weighted by Gasteiger charge is -2.19. The van der Waals surface area contributed by atoms with Crippen LogP contribution in [0.3, 0.4) is 0 Å². The molecule has 0 fully saturated rings. The molecular weight excluding hydrogens is 432 g/mol. The summed E-state index contributed by atoms with van der Waals surface area (Å²) in [6.07, 6.45) is 12.4. The third-order valence-corrected chi connectivity index (χ3v) is 7.88. The molecule has 0 unspecified atom stereocenters. The van der Waals surface area contributed by atoms with Gasteiger partial charge in [0.1, 0.15) is 0 Å². The van der Waals surface area contributed by atoms with Crippen LogP contribution in [0, 0.1) is 24.7 Å². The zero-order chi connectivity index (χ0) is 24.0. The lowest BCUT2D eigenvalue weighted by Crippen LogP contribution is -1.94. The van der Waals surface area contributed by atoms with Crippen molar-refractivity contribution >= 4 is 75.4 Å². The van der Waals surface area contributed by atoms with Crippen molar-refractivity contribution in [2.24, 2.45) is 0 Å². The molecule has 0 aliphatic rings. The van der Waals surface area contributed by atoms with E-state index in [0.717, 1.165) is 32.7 Å². The first-order valence-corrected chi connectivity index (χ1v) is 12.1. The van der Waals surface area contributed by atoms with Gasteiger partial charge < -0.3 is 0 Å². The first kappa shape index (κ1) is 19.3. The number of terminal acetylenes is 2. The van der Waals surface area contributed by atoms with Gasteiger partial charge >= 0.3 is 0 Å². The maximum absolute atomic E-state index is 6.18. The van der Waals surface area contributed by atoms with Gasteiger partial charge in [-0.05, 0) is 99.7 Å². The summed E-state index contributed by atoms with van der Waals surface area (Å²) in [6.45, 7) is 0. The van der Waals surface area contributed by atoms with Crippen molar-refractivity contribution in [2.75, 3.05) is 0 Å². The highest BCUT2D eigenvalue weighted by molar-refractivity contribution is 6.36. The Morgan fingerprint density at radius 1 is 0.361 bits per heavy atom. The van der Waals surface area contributed by atoms with E-state index in [4.69, 9.17) is 12.8 Å². The third kappa shape index (κ3) is 2.31. The molecule has 0 atom stereocenters. The van der Waals surface area contributed by atoms with E-state index < -0.39 is 0 Å². The molecule has 0 bridgehead atoms. The lowest BCUT2D eigenvalue weighted by molar-refractivity contribution is 1.76. The molecule has 0 radical (unpaired) electrons. The maximum Gasteiger partial charge on any atom is 0.0400 e. The smallest absolute Gasteiger partial charge is 0.0400 e. The van der Waals surface area contributed by atoms with E-state index in [-0.39, 0.29) is 0 Å². The van der Waals surface area contributed by atoms with Crippen LogP contribution in [-0.2, 0) is 0 Å². The summed E-state index contributed by atoms with van der Waals surface area (Å²) >= 11 is 0. The summed E-state index contributed by atoms with van der Waals surface area (Å²) < 4.78 is 0. The van der Waals surface area contributed by atoms with Gasteiger partial charge in [-0.3, -0.25) is 0 Å². The molecule has 0 aliphatic carbocycles. The molecule has 162 valence electrons. The second-order valence-electron chi connectivity index (χ2n) is 9.60. The third-order valence-electron chi connectivity index (χ3n) is 7.88. The second kappa shape index (κ2) is 6.76. The summed E-state index contributed by atoms with van der Waals surface area (Å²) in [5.41, 5.74) is 1.89. The molecule has 8 rings (SSSR count). The fraction of sp³-hybridized carbons (Fsp3) is 0. The highest BCUT2D eigenvalue weighted by Gasteiger charge is 2.19. The van der Waals surface area contributed by atoms with Crippen molar-refractivity contribution in [3.8, 4) is 24.7 Å². The quantitative estimate of drug-likeness (QED) is 0.123. The van der Waals surface area contributed by atoms with Crippen LogP contribution in [0.2, 0.25) is 0 Å². The number of rotatable bonds is 0. The molecule has 8 aromatic rings. The number of fused-ring (bicyclic) bond motifs is 6. The molecule has 8 aromatic carbocycles. The minimum atomic E-state index is 0.943. The molecule has 0 heteroatoms. The fourth-order valence-electron chi connectivity index (χ4n) is 6.30. The van der Waals surface area contributed by atoms with Crippen LogP contribution in [0.4, 0.5) is 0 Å². The van der Waals surface area contributed by atoms with Crippen LogP contribution in [0.1, 0.15) is 11.1 Å². The Morgan fingerprint density at radius 2 is 0.694 bits per heavy atom. The van der Waals surface area contributed by atoms with Gasteiger partial charge in [0.15, 0.2) is 0 Å². The summed E-state index contributed by atoms with van der Waals surface area (Å²) in [5, 5.41) is 16.5. The van der Waals surface area contributed by atoms with Crippen LogP contribution >= 0.6 is 0 Å². The van der Waals surface area contributed by atoms with Crippen LogP contribution in [0.5, 0.6) is 0 Å². The van der Waals surface area contributed by atoms with Crippen LogP contribution < -0.4 is 0 Å². The van der Waals surface area contributed by atoms with E-state index in [0.29, 0.717) is 0 Å². The standard InChI is InChI=1S/C36H18/c1-3-25-27-13-15-30-34-20-24-12-8-6-10-22(24)18-32(34)26(4-2)28-14-16-29(35(27)36(28)30)33-19-23-11-7-5-9-21(23)17-31(25)33/h1-2,5-20H. The molecule has 0 spiro atoms. The molecule has 0 heterocycles. The van der Waals surface area contributed by atoms with Gasteiger partial charge in [0.05, 0.1) is 0 Å². The zero-order valence-electron chi connectivity index (χ0n) is 19.4. The Hall–Kier alpha value is -5.04. The van der Waals surface area contributed by atoms with E-state index in [1.165, 1.54) is 53.9 Å². The molecule has 0 aromatic heterocycles. The van der Waals surface area contributed by atoms with Crippen LogP contribution in [-0.4, -0.2) is 0 Å². The normalized spacial score (nSPS) is 11.8. The first-order valence-electron chi connectivity index (χ1n) is 12.1. The zero-order valence-corrected chi connectivity index (χ0v) is 19.4. The average Bonchev–Trinajstić information content (AvgIpc) is 2.93. The monoisotopic (exact) mass is 450 g/mol. The maximum atomic E-state index is 6.18. The Bertz CT molecular complexity index is 2150. The summed E-state index contributed by atoms with van der Waals surface area (Å²) in [4.78, 5) is 0. The van der Waals surface area contributed by atoms with Crippen molar-refractivity contribution in [2.45, 2.75) is 0 Å². The van der Waals surface area contributed by atoms with E-state index in [9.17, 15) is 0 Å². The predicted molar refractivity (Wildman–Crippen MR) is 156 cm³/mol. The predicted octanol–water partition coefficient (Wildman–Crippen LogP) is 9.16. The Balaban J connectivity index is 1.69. The van der Waals surface area contributed by atoms with Crippen molar-refractivity contribution in [1.82, 2.24) is 0 Å². The lowest BCUT2D eigenvalue weighted by atomic mass is 9.83. The second-order valence-corrected chi connectivity index (χ2v) is 9.60. The molecular formula is C36H18. The average molecular weight is 451 g/mol. The molecule has 0 N–H and O–H groups in total. The summed E-state index contributed by atoms with van der Waals surface area (Å²) in [6, 6.07) is 34.9. The topological polar surface area (TPSA) is 0 Å². The fourth-order valence-corrected chi connectivity index (χ4v) is 6.30. The van der Waals surface area contributed by atoms with Crippen molar-refractivity contribution in [1.29, 1.82) is 0 Å². The first-order chi connectivity index (χ1) is 17.8. The van der Waals surface area contributed by atoms with E-state index in [1.54, 1.807) is 0 Å². The van der Waals surface area contributed by atoms with Gasteiger partial charge in [0, 0.05) is 11.1 Å². The summed E-state index contributed by atoms with van der Waals surface area (Å²) in [5.74, 6) is 6.08. The highest BCUT2D eigenvalue weighted by atomic mass is 14.2. The molecule has 36 heavy (non-hydrogen) atoms. The Morgan fingerprint density at radius 3 is 1.06 bits per heavy atom. The summed E-state index contributed by atoms with van der Waals surface area (Å²) in [7, 11) is 0. The van der Waals surface area contributed by atoms with Crippen molar-refractivity contribution in [3.63, 3.8) is 0 Å². The number of hydrogen-bond donors (Lipinski definition) is 0. The van der Waals surface area contributed by atoms with Gasteiger partial charge in [-0.1, -0.05) is 84.6 Å². The van der Waals surface area contributed by atoms with Crippen molar-refractivity contribution < 1.29 is 0 Å². The molecule has 0 aliphatic heterocycles. The molecule has 0 amide bonds. The van der Waals surface area contributed by atoms with Gasteiger partial charge in [-0.15, -0.1) is 12.8 Å². The largest absolute Gasteiger partial charge is 0.115 e. The van der Waals surface area contributed by atoms with Crippen LogP contribution in [0.15, 0.2) is 97.1 Å². The molecule has 0 saturated carbocycles. The Labute approximate surface area is 208 Å². The van der Waals surface area contributed by atoms with Crippen LogP contribution in [0.25, 0.3) is 75.4 Å². The van der Waals surface area contributed by atoms with Gasteiger partial charge in [0.25, 0.3) is 0 Å². The molecule has 0 saturated heterocycles. The van der Waals surface area contributed by atoms with Crippen molar-refractivity contribution in [3.05, 3.63) is 108 Å². The Kier molecular flexibility index (Phi) is 3.62. The highest BCUT2D eigenvalue weighted by Crippen LogP contribution is 2.45. The number of hydrogen-bond acceptors (Lipinski definition) is 0. The minimum Gasteiger partial charge on any atom is -0.115 e. The minimum absolute atomic E-state index is 0.943. The van der Waals surface area contributed by atoms with E-state index in [2.05, 4.69) is 109 Å². The molecule has 0 nitrogen and oxygen atoms in total. The van der Waals surface area contributed by atoms with E-state index in [1.807, 2.05) is 0 Å². The number of benzene rings is 8. The van der Waals surface area contributed by atoms with Gasteiger partial charge in [0.2, 0.25) is 0 Å². The van der Waals surface area contributed by atoms with Gasteiger partial charge in [-0.2, -0.15) is 0 Å².